The van der Waals surface area contributed by atoms with Crippen molar-refractivity contribution >= 4 is 11.6 Å². The number of carbonyl (C=O) groups is 1. The highest BCUT2D eigenvalue weighted by Crippen LogP contribution is 2.31. The fourth-order valence-electron chi connectivity index (χ4n) is 1.59. The molecule has 0 aromatic carbocycles. The van der Waals surface area contributed by atoms with Gasteiger partial charge in [-0.15, -0.1) is 0 Å². The predicted octanol–water partition coefficient (Wildman–Crippen LogP) is 1.04. The minimum absolute atomic E-state index is 0.336. The van der Waals surface area contributed by atoms with Crippen LogP contribution in [0.5, 0.6) is 0 Å². The summed E-state index contributed by atoms with van der Waals surface area (Å²) in [6, 6.07) is 0. The first-order chi connectivity index (χ1) is 5.77. The van der Waals surface area contributed by atoms with E-state index in [4.69, 9.17) is 5.41 Å². The molecule has 1 aliphatic heterocycles. The van der Waals surface area contributed by atoms with Crippen molar-refractivity contribution in [1.82, 2.24) is 4.90 Å². The number of hydrogen-bond acceptors (Lipinski definition) is 2. The average molecular weight is 166 g/mol. The number of hydrogen-bond donors (Lipinski definition) is 1. The Balaban J connectivity index is 1.88. The van der Waals surface area contributed by atoms with E-state index in [0.29, 0.717) is 11.8 Å². The zero-order valence-electron chi connectivity index (χ0n) is 7.18. The zero-order chi connectivity index (χ0) is 8.55. The lowest BCUT2D eigenvalue weighted by Gasteiger charge is -2.27. The second-order valence-corrected chi connectivity index (χ2v) is 3.70. The summed E-state index contributed by atoms with van der Waals surface area (Å²) in [5.41, 5.74) is 0.801. The second-order valence-electron chi connectivity index (χ2n) is 3.70. The minimum atomic E-state index is 0.336. The maximum Gasteiger partial charge on any atom is 0.225 e. The van der Waals surface area contributed by atoms with E-state index in [1.165, 1.54) is 0 Å². The highest BCUT2D eigenvalue weighted by molar-refractivity contribution is 5.86. The molecule has 1 aliphatic carbocycles. The molecule has 2 aliphatic rings. The van der Waals surface area contributed by atoms with Crippen molar-refractivity contribution in [1.29, 1.82) is 5.41 Å². The number of rotatable bonds is 1. The van der Waals surface area contributed by atoms with Crippen LogP contribution < -0.4 is 0 Å². The number of nitrogens with zero attached hydrogens (tertiary/aromatic N) is 1. The summed E-state index contributed by atoms with van der Waals surface area (Å²) in [4.78, 5) is 13.4. The van der Waals surface area contributed by atoms with Crippen molar-refractivity contribution in [3.05, 3.63) is 0 Å². The fraction of sp³-hybridized carbons (Fsp3) is 0.778. The number of nitrogens with one attached hydrogen (secondary N) is 1. The summed E-state index contributed by atoms with van der Waals surface area (Å²) in [5, 5.41) is 7.40. The lowest BCUT2D eigenvalue weighted by atomic mass is 10.1. The first kappa shape index (κ1) is 7.77. The van der Waals surface area contributed by atoms with Crippen LogP contribution in [-0.4, -0.2) is 29.6 Å². The Morgan fingerprint density at radius 1 is 1.33 bits per heavy atom. The van der Waals surface area contributed by atoms with E-state index in [0.717, 1.165) is 44.5 Å². The fourth-order valence-corrected chi connectivity index (χ4v) is 1.59. The van der Waals surface area contributed by atoms with E-state index in [1.807, 2.05) is 4.90 Å². The first-order valence-electron chi connectivity index (χ1n) is 4.62. The lowest BCUT2D eigenvalue weighted by molar-refractivity contribution is -0.132. The molecule has 3 heteroatoms. The van der Waals surface area contributed by atoms with Gasteiger partial charge in [0.15, 0.2) is 0 Å². The summed E-state index contributed by atoms with van der Waals surface area (Å²) in [6.07, 6.45) is 3.76. The smallest absolute Gasteiger partial charge is 0.225 e. The van der Waals surface area contributed by atoms with Gasteiger partial charge in [-0.05, 0) is 12.8 Å². The highest BCUT2D eigenvalue weighted by atomic mass is 16.2. The molecule has 0 aromatic heterocycles. The molecule has 0 spiro atoms. The highest BCUT2D eigenvalue weighted by Gasteiger charge is 2.34. The Morgan fingerprint density at radius 2 is 1.92 bits per heavy atom. The van der Waals surface area contributed by atoms with E-state index in [9.17, 15) is 4.79 Å². The Labute approximate surface area is 72.3 Å². The number of likely N-dealkylation sites (tertiary alicyclic amines) is 1. The van der Waals surface area contributed by atoms with Crippen LogP contribution in [0.3, 0.4) is 0 Å². The van der Waals surface area contributed by atoms with Gasteiger partial charge in [-0.2, -0.15) is 0 Å². The summed E-state index contributed by atoms with van der Waals surface area (Å²) >= 11 is 0. The summed E-state index contributed by atoms with van der Waals surface area (Å²) < 4.78 is 0. The van der Waals surface area contributed by atoms with Crippen molar-refractivity contribution in [2.45, 2.75) is 25.7 Å². The molecule has 0 unspecified atom stereocenters. The van der Waals surface area contributed by atoms with E-state index in [2.05, 4.69) is 0 Å². The monoisotopic (exact) mass is 166 g/mol. The molecule has 1 saturated heterocycles. The number of amides is 1. The maximum absolute atomic E-state index is 11.5. The van der Waals surface area contributed by atoms with Gasteiger partial charge in [0.1, 0.15) is 0 Å². The van der Waals surface area contributed by atoms with Crippen LogP contribution in [0, 0.1) is 11.3 Å². The van der Waals surface area contributed by atoms with Crippen LogP contribution in [0.15, 0.2) is 0 Å². The minimum Gasteiger partial charge on any atom is -0.342 e. The topological polar surface area (TPSA) is 44.2 Å². The van der Waals surface area contributed by atoms with Gasteiger partial charge in [0.2, 0.25) is 5.91 Å². The van der Waals surface area contributed by atoms with E-state index in [1.54, 1.807) is 0 Å². The van der Waals surface area contributed by atoms with Gasteiger partial charge >= 0.3 is 0 Å². The third-order valence-electron chi connectivity index (χ3n) is 2.61. The molecule has 0 radical (unpaired) electrons. The van der Waals surface area contributed by atoms with Gasteiger partial charge in [-0.1, -0.05) is 0 Å². The molecular weight excluding hydrogens is 152 g/mol. The third-order valence-corrected chi connectivity index (χ3v) is 2.61. The number of carbonyl (C=O) groups excluding carboxylic acids is 1. The summed E-state index contributed by atoms with van der Waals surface area (Å²) in [6.45, 7) is 1.57. The molecule has 2 rings (SSSR count). The molecule has 3 nitrogen and oxygen atoms in total. The van der Waals surface area contributed by atoms with Gasteiger partial charge in [0, 0.05) is 37.6 Å². The molecule has 0 atom stereocenters. The van der Waals surface area contributed by atoms with Crippen LogP contribution >= 0.6 is 0 Å². The first-order valence-corrected chi connectivity index (χ1v) is 4.62. The molecule has 1 saturated carbocycles. The molecule has 66 valence electrons. The van der Waals surface area contributed by atoms with E-state index < -0.39 is 0 Å². The molecule has 1 heterocycles. The van der Waals surface area contributed by atoms with Gasteiger partial charge in [-0.3, -0.25) is 4.79 Å². The van der Waals surface area contributed by atoms with Crippen molar-refractivity contribution < 1.29 is 4.79 Å². The lowest BCUT2D eigenvalue weighted by Crippen LogP contribution is -2.39. The Morgan fingerprint density at radius 3 is 2.42 bits per heavy atom. The van der Waals surface area contributed by atoms with Crippen LogP contribution in [0.2, 0.25) is 0 Å². The third kappa shape index (κ3) is 1.49. The van der Waals surface area contributed by atoms with E-state index in [-0.39, 0.29) is 0 Å². The van der Waals surface area contributed by atoms with Gasteiger partial charge in [-0.25, -0.2) is 0 Å². The van der Waals surface area contributed by atoms with Crippen LogP contribution in [0.4, 0.5) is 0 Å². The maximum atomic E-state index is 11.5. The second kappa shape index (κ2) is 2.88. The SMILES string of the molecule is N=C1CCN(C(=O)C2CC2)CC1. The standard InChI is InChI=1S/C9H14N2O/c10-8-3-5-11(6-4-8)9(12)7-1-2-7/h7,10H,1-6H2. The predicted molar refractivity (Wildman–Crippen MR) is 46.3 cm³/mol. The molecule has 2 fully saturated rings. The number of piperidine rings is 1. The van der Waals surface area contributed by atoms with Crippen molar-refractivity contribution in [2.24, 2.45) is 5.92 Å². The van der Waals surface area contributed by atoms with Crippen molar-refractivity contribution in [3.63, 3.8) is 0 Å². The van der Waals surface area contributed by atoms with Crippen molar-refractivity contribution in [3.8, 4) is 0 Å². The van der Waals surface area contributed by atoms with Gasteiger partial charge in [0.05, 0.1) is 0 Å². The molecule has 0 aromatic rings. The molecule has 12 heavy (non-hydrogen) atoms. The Bertz CT molecular complexity index is 211. The van der Waals surface area contributed by atoms with Crippen molar-refractivity contribution in [2.75, 3.05) is 13.1 Å². The van der Waals surface area contributed by atoms with Gasteiger partial charge in [0.25, 0.3) is 0 Å². The van der Waals surface area contributed by atoms with Gasteiger partial charge < -0.3 is 10.3 Å². The molecule has 1 N–H and O–H groups in total. The average Bonchev–Trinajstić information content (AvgIpc) is 2.87. The zero-order valence-corrected chi connectivity index (χ0v) is 7.18. The molecule has 0 bridgehead atoms. The normalized spacial score (nSPS) is 24.3. The Hall–Kier alpha value is -0.860. The van der Waals surface area contributed by atoms with Crippen LogP contribution in [0.1, 0.15) is 25.7 Å². The molecular formula is C9H14N2O. The molecule has 1 amide bonds. The largest absolute Gasteiger partial charge is 0.342 e. The Kier molecular flexibility index (Phi) is 1.87. The van der Waals surface area contributed by atoms with E-state index >= 15 is 0 Å². The summed E-state index contributed by atoms with van der Waals surface area (Å²) in [7, 11) is 0. The van der Waals surface area contributed by atoms with Crippen LogP contribution in [0.25, 0.3) is 0 Å². The summed E-state index contributed by atoms with van der Waals surface area (Å²) in [5.74, 6) is 0.680. The quantitative estimate of drug-likeness (QED) is 0.621. The van der Waals surface area contributed by atoms with Crippen LogP contribution in [-0.2, 0) is 4.79 Å².